The van der Waals surface area contributed by atoms with Crippen LogP contribution in [-0.4, -0.2) is 17.5 Å². The van der Waals surface area contributed by atoms with E-state index < -0.39 is 0 Å². The average molecular weight is 354 g/mol. The van der Waals surface area contributed by atoms with Gasteiger partial charge in [0.1, 0.15) is 11.5 Å². The van der Waals surface area contributed by atoms with Gasteiger partial charge in [-0.25, -0.2) is 10.5 Å². The number of furan rings is 1. The molecule has 3 aromatic rings. The van der Waals surface area contributed by atoms with Crippen LogP contribution in [0.1, 0.15) is 29.2 Å². The fourth-order valence-electron chi connectivity index (χ4n) is 2.50. The number of hydrogen-bond donors (Lipinski definition) is 1. The third-order valence-corrected chi connectivity index (χ3v) is 3.95. The van der Waals surface area contributed by atoms with Crippen molar-refractivity contribution in [3.63, 3.8) is 0 Å². The maximum atomic E-state index is 12.0. The maximum Gasteiger partial charge on any atom is 0.249 e. The van der Waals surface area contributed by atoms with E-state index in [0.29, 0.717) is 24.0 Å². The summed E-state index contributed by atoms with van der Waals surface area (Å²) >= 11 is 0. The smallest absolute Gasteiger partial charge is 0.249 e. The van der Waals surface area contributed by atoms with Crippen molar-refractivity contribution in [1.29, 1.82) is 0 Å². The normalized spacial score (nSPS) is 10.8. The lowest BCUT2D eigenvalue weighted by atomic mass is 10.1. The van der Waals surface area contributed by atoms with Crippen LogP contribution in [0.5, 0.6) is 0 Å². The fraction of sp³-hybridized carbons (Fsp3) is 0.300. The van der Waals surface area contributed by atoms with Gasteiger partial charge in [-0.05, 0) is 44.5 Å². The van der Waals surface area contributed by atoms with Crippen molar-refractivity contribution in [3.05, 3.63) is 65.4 Å². The van der Waals surface area contributed by atoms with Crippen LogP contribution in [0.3, 0.4) is 0 Å². The topological polar surface area (TPSA) is 77.5 Å². The molecule has 0 spiro atoms. The molecule has 0 unspecified atom stereocenters. The van der Waals surface area contributed by atoms with Crippen LogP contribution < -0.4 is 5.48 Å². The van der Waals surface area contributed by atoms with E-state index in [-0.39, 0.29) is 12.3 Å². The number of amides is 1. The minimum Gasteiger partial charge on any atom is -0.469 e. The first-order valence-electron chi connectivity index (χ1n) is 8.58. The van der Waals surface area contributed by atoms with Crippen LogP contribution >= 0.6 is 0 Å². The van der Waals surface area contributed by atoms with E-state index in [2.05, 4.69) is 10.5 Å². The minimum absolute atomic E-state index is 0.110. The second-order valence-electron chi connectivity index (χ2n) is 6.12. The summed E-state index contributed by atoms with van der Waals surface area (Å²) in [6.45, 7) is 4.24. The molecule has 0 bridgehead atoms. The zero-order valence-corrected chi connectivity index (χ0v) is 15.0. The van der Waals surface area contributed by atoms with Gasteiger partial charge in [0.2, 0.25) is 11.8 Å². The first-order valence-corrected chi connectivity index (χ1v) is 8.58. The Kier molecular flexibility index (Phi) is 5.86. The first kappa shape index (κ1) is 17.9. The highest BCUT2D eigenvalue weighted by Crippen LogP contribution is 2.22. The molecule has 1 amide bonds. The van der Waals surface area contributed by atoms with Gasteiger partial charge in [-0.15, -0.1) is 0 Å². The highest BCUT2D eigenvalue weighted by atomic mass is 16.6. The number of benzene rings is 1. The van der Waals surface area contributed by atoms with Crippen LogP contribution in [0.2, 0.25) is 0 Å². The molecule has 2 aromatic heterocycles. The summed E-state index contributed by atoms with van der Waals surface area (Å²) in [4.78, 5) is 21.7. The molecule has 3 rings (SSSR count). The molecule has 0 aliphatic carbocycles. The number of hydrogen-bond acceptors (Lipinski definition) is 5. The summed E-state index contributed by atoms with van der Waals surface area (Å²) in [5, 5.41) is 0. The second kappa shape index (κ2) is 8.49. The average Bonchev–Trinajstić information content (AvgIpc) is 3.26. The van der Waals surface area contributed by atoms with Gasteiger partial charge in [-0.2, -0.15) is 0 Å². The van der Waals surface area contributed by atoms with Crippen LogP contribution in [0.25, 0.3) is 11.5 Å². The molecule has 1 N–H and O–H groups in total. The number of oxazole rings is 1. The van der Waals surface area contributed by atoms with Gasteiger partial charge in [0, 0.05) is 12.0 Å². The van der Waals surface area contributed by atoms with Crippen LogP contribution in [0.4, 0.5) is 0 Å². The minimum atomic E-state index is -0.255. The lowest BCUT2D eigenvalue weighted by molar-refractivity contribution is -0.133. The van der Waals surface area contributed by atoms with Crippen molar-refractivity contribution in [2.45, 2.75) is 33.1 Å². The van der Waals surface area contributed by atoms with Gasteiger partial charge in [-0.3, -0.25) is 9.63 Å². The quantitative estimate of drug-likeness (QED) is 0.492. The van der Waals surface area contributed by atoms with Gasteiger partial charge in [-0.1, -0.05) is 17.7 Å². The van der Waals surface area contributed by atoms with Gasteiger partial charge in [0.25, 0.3) is 0 Å². The molecule has 0 radical (unpaired) electrons. The Balaban J connectivity index is 1.46. The molecule has 0 fully saturated rings. The molecule has 6 heteroatoms. The fourth-order valence-corrected chi connectivity index (χ4v) is 2.50. The third kappa shape index (κ3) is 4.83. The molecule has 6 nitrogen and oxygen atoms in total. The predicted octanol–water partition coefficient (Wildman–Crippen LogP) is 3.77. The molecule has 2 heterocycles. The summed E-state index contributed by atoms with van der Waals surface area (Å²) < 4.78 is 10.9. The Morgan fingerprint density at radius 1 is 1.19 bits per heavy atom. The molecule has 0 atom stereocenters. The Morgan fingerprint density at radius 3 is 2.73 bits per heavy atom. The number of aromatic nitrogens is 1. The van der Waals surface area contributed by atoms with E-state index in [9.17, 15) is 4.79 Å². The van der Waals surface area contributed by atoms with Crippen LogP contribution in [0, 0.1) is 13.8 Å². The first-order chi connectivity index (χ1) is 12.6. The lowest BCUT2D eigenvalue weighted by Crippen LogP contribution is -2.26. The number of rotatable bonds is 8. The summed E-state index contributed by atoms with van der Waals surface area (Å²) in [7, 11) is 0. The van der Waals surface area contributed by atoms with E-state index in [4.69, 9.17) is 13.7 Å². The molecule has 1 aromatic carbocycles. The molecule has 0 aliphatic heterocycles. The maximum absolute atomic E-state index is 12.0. The van der Waals surface area contributed by atoms with Crippen molar-refractivity contribution in [3.8, 4) is 11.5 Å². The Bertz CT molecular complexity index is 835. The summed E-state index contributed by atoms with van der Waals surface area (Å²) in [5.74, 6) is 1.80. The van der Waals surface area contributed by atoms with Crippen molar-refractivity contribution in [2.24, 2.45) is 0 Å². The number of carbonyl (C=O) groups excluding carboxylic acids is 1. The SMILES string of the molecule is Cc1ccc(-c2nc(CC(=O)NOCCCc3ccco3)c(C)o2)cc1. The monoisotopic (exact) mass is 354 g/mol. The second-order valence-corrected chi connectivity index (χ2v) is 6.12. The number of nitrogens with zero attached hydrogens (tertiary/aromatic N) is 1. The zero-order chi connectivity index (χ0) is 18.4. The molecular weight excluding hydrogens is 332 g/mol. The van der Waals surface area contributed by atoms with Gasteiger partial charge in [0.05, 0.1) is 25.0 Å². The van der Waals surface area contributed by atoms with E-state index in [0.717, 1.165) is 24.2 Å². The standard InChI is InChI=1S/C20H22N2O4/c1-14-7-9-16(10-8-14)20-21-18(15(2)26-20)13-19(23)22-25-12-4-6-17-5-3-11-24-17/h3,5,7-11H,4,6,12-13H2,1-2H3,(H,22,23). The van der Waals surface area contributed by atoms with Crippen molar-refractivity contribution in [1.82, 2.24) is 10.5 Å². The van der Waals surface area contributed by atoms with E-state index >= 15 is 0 Å². The Hall–Kier alpha value is -2.86. The van der Waals surface area contributed by atoms with Crippen LogP contribution in [0.15, 0.2) is 51.5 Å². The molecular formula is C20H22N2O4. The summed E-state index contributed by atoms with van der Waals surface area (Å²) in [5.41, 5.74) is 5.11. The van der Waals surface area contributed by atoms with Crippen molar-refractivity contribution >= 4 is 5.91 Å². The third-order valence-electron chi connectivity index (χ3n) is 3.95. The van der Waals surface area contributed by atoms with E-state index in [1.165, 1.54) is 5.56 Å². The number of hydroxylamine groups is 1. The van der Waals surface area contributed by atoms with E-state index in [1.54, 1.807) is 13.2 Å². The molecule has 0 saturated carbocycles. The highest BCUT2D eigenvalue weighted by Gasteiger charge is 2.14. The molecule has 136 valence electrons. The van der Waals surface area contributed by atoms with Gasteiger partial charge >= 0.3 is 0 Å². The van der Waals surface area contributed by atoms with Crippen molar-refractivity contribution in [2.75, 3.05) is 6.61 Å². The van der Waals surface area contributed by atoms with Gasteiger partial charge < -0.3 is 8.83 Å². The molecule has 26 heavy (non-hydrogen) atoms. The Labute approximate surface area is 152 Å². The predicted molar refractivity (Wildman–Crippen MR) is 96.2 cm³/mol. The number of aryl methyl sites for hydroxylation is 3. The molecule has 0 aliphatic rings. The Morgan fingerprint density at radius 2 is 2.00 bits per heavy atom. The van der Waals surface area contributed by atoms with Crippen molar-refractivity contribution < 1.29 is 18.5 Å². The van der Waals surface area contributed by atoms with Gasteiger partial charge in [0.15, 0.2) is 0 Å². The highest BCUT2D eigenvalue weighted by molar-refractivity contribution is 5.77. The number of carbonyl (C=O) groups is 1. The van der Waals surface area contributed by atoms with E-state index in [1.807, 2.05) is 43.3 Å². The number of nitrogens with one attached hydrogen (secondary N) is 1. The molecule has 0 saturated heterocycles. The summed E-state index contributed by atoms with van der Waals surface area (Å²) in [6, 6.07) is 11.7. The lowest BCUT2D eigenvalue weighted by Gasteiger charge is -2.04. The zero-order valence-electron chi connectivity index (χ0n) is 15.0. The summed E-state index contributed by atoms with van der Waals surface area (Å²) in [6.07, 6.45) is 3.28. The largest absolute Gasteiger partial charge is 0.469 e. The van der Waals surface area contributed by atoms with Crippen LogP contribution in [-0.2, 0) is 22.5 Å².